The van der Waals surface area contributed by atoms with E-state index in [9.17, 15) is 5.11 Å². The van der Waals surface area contributed by atoms with Crippen LogP contribution in [0.1, 0.15) is 37.0 Å². The van der Waals surface area contributed by atoms with Crippen LogP contribution in [-0.4, -0.2) is 17.3 Å². The molecule has 0 saturated heterocycles. The summed E-state index contributed by atoms with van der Waals surface area (Å²) in [6.45, 7) is 10.0. The first-order valence-electron chi connectivity index (χ1n) is 5.82. The summed E-state index contributed by atoms with van der Waals surface area (Å²) in [5.41, 5.74) is 3.64. The largest absolute Gasteiger partial charge is 0.490 e. The SMILES string of the molecule is Cc1cc(C)c(C)c(OC(C)CC(C)O)c1. The molecule has 0 bridgehead atoms. The number of hydrogen-bond donors (Lipinski definition) is 1. The Hall–Kier alpha value is -1.02. The Bertz CT molecular complexity index is 356. The summed E-state index contributed by atoms with van der Waals surface area (Å²) in [7, 11) is 0. The Kier molecular flexibility index (Phi) is 4.36. The summed E-state index contributed by atoms with van der Waals surface area (Å²) < 4.78 is 5.86. The van der Waals surface area contributed by atoms with Gasteiger partial charge in [-0.3, -0.25) is 0 Å². The summed E-state index contributed by atoms with van der Waals surface area (Å²) in [6, 6.07) is 4.21. The van der Waals surface area contributed by atoms with Crippen molar-refractivity contribution in [2.45, 2.75) is 53.2 Å². The molecule has 2 atom stereocenters. The van der Waals surface area contributed by atoms with Crippen LogP contribution in [0.5, 0.6) is 5.75 Å². The standard InChI is InChI=1S/C14H22O2/c1-9-6-10(2)13(5)14(7-9)16-12(4)8-11(3)15/h6-7,11-12,15H,8H2,1-5H3. The molecule has 0 radical (unpaired) electrons. The summed E-state index contributed by atoms with van der Waals surface area (Å²) in [5.74, 6) is 0.936. The number of benzene rings is 1. The van der Waals surface area contributed by atoms with Crippen LogP contribution in [0.15, 0.2) is 12.1 Å². The second-order valence-corrected chi connectivity index (χ2v) is 4.72. The molecular weight excluding hydrogens is 200 g/mol. The molecule has 0 aromatic heterocycles. The Labute approximate surface area is 98.3 Å². The molecule has 0 amide bonds. The molecule has 0 heterocycles. The highest BCUT2D eigenvalue weighted by atomic mass is 16.5. The topological polar surface area (TPSA) is 29.5 Å². The molecule has 0 fully saturated rings. The quantitative estimate of drug-likeness (QED) is 0.848. The summed E-state index contributed by atoms with van der Waals surface area (Å²) >= 11 is 0. The van der Waals surface area contributed by atoms with Crippen LogP contribution in [0.3, 0.4) is 0 Å². The first-order chi connectivity index (χ1) is 7.40. The average Bonchev–Trinajstić information content (AvgIpc) is 2.11. The van der Waals surface area contributed by atoms with E-state index in [1.54, 1.807) is 6.92 Å². The molecule has 1 rings (SSSR count). The zero-order chi connectivity index (χ0) is 12.3. The van der Waals surface area contributed by atoms with Gasteiger partial charge in [-0.2, -0.15) is 0 Å². The Morgan fingerprint density at radius 3 is 2.38 bits per heavy atom. The molecule has 2 nitrogen and oxygen atoms in total. The van der Waals surface area contributed by atoms with Crippen molar-refractivity contribution in [3.05, 3.63) is 28.8 Å². The second-order valence-electron chi connectivity index (χ2n) is 4.72. The van der Waals surface area contributed by atoms with E-state index in [0.29, 0.717) is 6.42 Å². The van der Waals surface area contributed by atoms with Gasteiger partial charge in [0, 0.05) is 6.42 Å². The fraction of sp³-hybridized carbons (Fsp3) is 0.571. The van der Waals surface area contributed by atoms with Crippen LogP contribution in [-0.2, 0) is 0 Å². The van der Waals surface area contributed by atoms with Crippen molar-refractivity contribution < 1.29 is 9.84 Å². The van der Waals surface area contributed by atoms with Crippen molar-refractivity contribution >= 4 is 0 Å². The number of aliphatic hydroxyl groups excluding tert-OH is 1. The van der Waals surface area contributed by atoms with Gasteiger partial charge in [0.1, 0.15) is 5.75 Å². The number of hydrogen-bond acceptors (Lipinski definition) is 2. The first kappa shape index (κ1) is 13.0. The molecule has 2 unspecified atom stereocenters. The summed E-state index contributed by atoms with van der Waals surface area (Å²) in [5, 5.41) is 9.30. The molecule has 0 spiro atoms. The lowest BCUT2D eigenvalue weighted by Gasteiger charge is -2.19. The molecule has 1 aromatic rings. The Balaban J connectivity index is 2.80. The number of aryl methyl sites for hydroxylation is 2. The number of aliphatic hydroxyl groups is 1. The monoisotopic (exact) mass is 222 g/mol. The van der Waals surface area contributed by atoms with Gasteiger partial charge in [0.2, 0.25) is 0 Å². The maximum absolute atomic E-state index is 9.30. The maximum Gasteiger partial charge on any atom is 0.123 e. The van der Waals surface area contributed by atoms with E-state index in [1.165, 1.54) is 16.7 Å². The third-order valence-electron chi connectivity index (χ3n) is 2.77. The van der Waals surface area contributed by atoms with Gasteiger partial charge in [-0.15, -0.1) is 0 Å². The molecule has 2 heteroatoms. The minimum atomic E-state index is -0.318. The summed E-state index contributed by atoms with van der Waals surface area (Å²) in [4.78, 5) is 0. The fourth-order valence-electron chi connectivity index (χ4n) is 1.87. The van der Waals surface area contributed by atoms with E-state index in [2.05, 4.69) is 32.9 Å². The van der Waals surface area contributed by atoms with Gasteiger partial charge in [0.25, 0.3) is 0 Å². The van der Waals surface area contributed by atoms with Gasteiger partial charge in [-0.05, 0) is 57.4 Å². The van der Waals surface area contributed by atoms with Gasteiger partial charge in [0.15, 0.2) is 0 Å². The zero-order valence-corrected chi connectivity index (χ0v) is 10.9. The van der Waals surface area contributed by atoms with E-state index in [4.69, 9.17) is 4.74 Å². The third kappa shape index (κ3) is 3.53. The van der Waals surface area contributed by atoms with Gasteiger partial charge < -0.3 is 9.84 Å². The minimum Gasteiger partial charge on any atom is -0.490 e. The van der Waals surface area contributed by atoms with Crippen LogP contribution >= 0.6 is 0 Å². The van der Waals surface area contributed by atoms with Crippen LogP contribution in [0.2, 0.25) is 0 Å². The van der Waals surface area contributed by atoms with Crippen molar-refractivity contribution in [3.8, 4) is 5.75 Å². The van der Waals surface area contributed by atoms with Crippen molar-refractivity contribution in [2.24, 2.45) is 0 Å². The Morgan fingerprint density at radius 2 is 1.81 bits per heavy atom. The molecule has 1 N–H and O–H groups in total. The zero-order valence-electron chi connectivity index (χ0n) is 10.9. The highest BCUT2D eigenvalue weighted by Crippen LogP contribution is 2.24. The molecule has 16 heavy (non-hydrogen) atoms. The Morgan fingerprint density at radius 1 is 1.19 bits per heavy atom. The van der Waals surface area contributed by atoms with Crippen molar-refractivity contribution in [1.29, 1.82) is 0 Å². The number of rotatable bonds is 4. The molecule has 0 aliphatic carbocycles. The van der Waals surface area contributed by atoms with Crippen LogP contribution in [0, 0.1) is 20.8 Å². The highest BCUT2D eigenvalue weighted by molar-refractivity contribution is 5.42. The second kappa shape index (κ2) is 5.35. The molecule has 0 saturated carbocycles. The normalized spacial score (nSPS) is 14.6. The molecular formula is C14H22O2. The van der Waals surface area contributed by atoms with E-state index >= 15 is 0 Å². The van der Waals surface area contributed by atoms with Crippen LogP contribution in [0.4, 0.5) is 0 Å². The number of ether oxygens (including phenoxy) is 1. The average molecular weight is 222 g/mol. The molecule has 0 aliphatic rings. The van der Waals surface area contributed by atoms with Gasteiger partial charge in [-0.25, -0.2) is 0 Å². The lowest BCUT2D eigenvalue weighted by Crippen LogP contribution is -2.18. The fourth-order valence-corrected chi connectivity index (χ4v) is 1.87. The van der Waals surface area contributed by atoms with E-state index in [-0.39, 0.29) is 12.2 Å². The smallest absolute Gasteiger partial charge is 0.123 e. The predicted octanol–water partition coefficient (Wildman–Crippen LogP) is 3.15. The van der Waals surface area contributed by atoms with Crippen molar-refractivity contribution in [2.75, 3.05) is 0 Å². The van der Waals surface area contributed by atoms with Crippen LogP contribution in [0.25, 0.3) is 0 Å². The lowest BCUT2D eigenvalue weighted by molar-refractivity contribution is 0.115. The van der Waals surface area contributed by atoms with Gasteiger partial charge in [-0.1, -0.05) is 6.07 Å². The molecule has 90 valence electrons. The van der Waals surface area contributed by atoms with Gasteiger partial charge >= 0.3 is 0 Å². The van der Waals surface area contributed by atoms with E-state index in [0.717, 1.165) is 5.75 Å². The van der Waals surface area contributed by atoms with E-state index < -0.39 is 0 Å². The van der Waals surface area contributed by atoms with E-state index in [1.807, 2.05) is 6.92 Å². The minimum absolute atomic E-state index is 0.0416. The molecule has 0 aliphatic heterocycles. The molecule has 1 aromatic carbocycles. The van der Waals surface area contributed by atoms with Crippen molar-refractivity contribution in [1.82, 2.24) is 0 Å². The third-order valence-corrected chi connectivity index (χ3v) is 2.77. The predicted molar refractivity (Wildman–Crippen MR) is 67.0 cm³/mol. The van der Waals surface area contributed by atoms with Crippen LogP contribution < -0.4 is 4.74 Å². The first-order valence-corrected chi connectivity index (χ1v) is 5.82. The summed E-state index contributed by atoms with van der Waals surface area (Å²) in [6.07, 6.45) is 0.382. The maximum atomic E-state index is 9.30. The van der Waals surface area contributed by atoms with Crippen molar-refractivity contribution in [3.63, 3.8) is 0 Å². The highest BCUT2D eigenvalue weighted by Gasteiger charge is 2.10. The lowest BCUT2D eigenvalue weighted by atomic mass is 10.1. The van der Waals surface area contributed by atoms with Gasteiger partial charge in [0.05, 0.1) is 12.2 Å².